The molecule has 0 aromatic rings. The molecule has 100 valence electrons. The van der Waals surface area contributed by atoms with E-state index in [1.54, 1.807) is 0 Å². The van der Waals surface area contributed by atoms with Crippen LogP contribution < -0.4 is 5.73 Å². The summed E-state index contributed by atoms with van der Waals surface area (Å²) in [6.45, 7) is 9.28. The van der Waals surface area contributed by atoms with Gasteiger partial charge in [0.1, 0.15) is 0 Å². The van der Waals surface area contributed by atoms with Crippen molar-refractivity contribution in [1.29, 1.82) is 0 Å². The van der Waals surface area contributed by atoms with Gasteiger partial charge in [-0.1, -0.05) is 33.6 Å². The van der Waals surface area contributed by atoms with Crippen molar-refractivity contribution >= 4 is 0 Å². The topological polar surface area (TPSA) is 29.3 Å². The first kappa shape index (κ1) is 13.4. The van der Waals surface area contributed by atoms with Gasteiger partial charge < -0.3 is 5.73 Å². The lowest BCUT2D eigenvalue weighted by Crippen LogP contribution is -2.60. The molecule has 0 radical (unpaired) electrons. The Bertz CT molecular complexity index is 258. The molecule has 2 heteroatoms. The zero-order chi connectivity index (χ0) is 12.5. The molecular formula is C15H30N2. The number of unbranched alkanes of at least 4 members (excludes halogenated alkanes) is 1. The van der Waals surface area contributed by atoms with Crippen LogP contribution in [-0.4, -0.2) is 29.6 Å². The minimum Gasteiger partial charge on any atom is -0.329 e. The summed E-state index contributed by atoms with van der Waals surface area (Å²) in [7, 11) is 0. The number of nitrogens with zero attached hydrogens (tertiary/aromatic N) is 1. The smallest absolute Gasteiger partial charge is 0.0385 e. The zero-order valence-electron chi connectivity index (χ0n) is 12.0. The third-order valence-corrected chi connectivity index (χ3v) is 5.28. The van der Waals surface area contributed by atoms with E-state index in [1.165, 1.54) is 51.5 Å². The van der Waals surface area contributed by atoms with Crippen molar-refractivity contribution in [2.24, 2.45) is 11.1 Å². The van der Waals surface area contributed by atoms with Crippen LogP contribution in [0.3, 0.4) is 0 Å². The maximum absolute atomic E-state index is 6.24. The second-order valence-corrected chi connectivity index (χ2v) is 6.75. The van der Waals surface area contributed by atoms with Crippen molar-refractivity contribution in [2.45, 2.75) is 77.3 Å². The molecule has 0 aromatic carbocycles. The Kier molecular flexibility index (Phi) is 3.84. The van der Waals surface area contributed by atoms with Crippen LogP contribution in [0.2, 0.25) is 0 Å². The second-order valence-electron chi connectivity index (χ2n) is 6.75. The summed E-state index contributed by atoms with van der Waals surface area (Å²) in [4.78, 5) is 2.81. The Morgan fingerprint density at radius 1 is 1.24 bits per heavy atom. The molecule has 2 aliphatic carbocycles. The standard InChI is InChI=1S/C15H30N2/c1-4-5-11-17(13-7-8-13)15(12-16)10-6-9-14(15,2)3/h13H,4-12,16H2,1-3H3. The molecule has 0 aliphatic heterocycles. The molecule has 2 saturated carbocycles. The molecule has 1 atom stereocenters. The summed E-state index contributed by atoms with van der Waals surface area (Å²) < 4.78 is 0. The van der Waals surface area contributed by atoms with Crippen LogP contribution in [-0.2, 0) is 0 Å². The SMILES string of the molecule is CCCCN(C1CC1)C1(CN)CCCC1(C)C. The van der Waals surface area contributed by atoms with Gasteiger partial charge in [0.05, 0.1) is 0 Å². The highest BCUT2D eigenvalue weighted by atomic mass is 15.3. The van der Waals surface area contributed by atoms with Crippen LogP contribution in [0.1, 0.15) is 65.7 Å². The van der Waals surface area contributed by atoms with Gasteiger partial charge in [-0.05, 0) is 44.1 Å². The summed E-state index contributed by atoms with van der Waals surface area (Å²) in [6, 6.07) is 0.850. The van der Waals surface area contributed by atoms with Crippen LogP contribution in [0.4, 0.5) is 0 Å². The normalized spacial score (nSPS) is 32.3. The van der Waals surface area contributed by atoms with Gasteiger partial charge in [0.2, 0.25) is 0 Å². The van der Waals surface area contributed by atoms with E-state index in [-0.39, 0.29) is 0 Å². The lowest BCUT2D eigenvalue weighted by Gasteiger charge is -2.50. The Morgan fingerprint density at radius 3 is 2.35 bits per heavy atom. The minimum absolute atomic E-state index is 0.295. The second kappa shape index (κ2) is 4.89. The molecule has 0 saturated heterocycles. The Hall–Kier alpha value is -0.0800. The molecule has 0 bridgehead atoms. The number of hydrogen-bond donors (Lipinski definition) is 1. The highest BCUT2D eigenvalue weighted by Gasteiger charge is 2.54. The first-order chi connectivity index (χ1) is 8.07. The van der Waals surface area contributed by atoms with Crippen LogP contribution in [0.15, 0.2) is 0 Å². The van der Waals surface area contributed by atoms with Gasteiger partial charge in [-0.25, -0.2) is 0 Å². The third-order valence-electron chi connectivity index (χ3n) is 5.28. The molecule has 2 rings (SSSR count). The molecule has 0 amide bonds. The van der Waals surface area contributed by atoms with Crippen LogP contribution >= 0.6 is 0 Å². The molecule has 0 aromatic heterocycles. The Balaban J connectivity index is 2.18. The third kappa shape index (κ3) is 2.26. The first-order valence-corrected chi connectivity index (χ1v) is 7.54. The Morgan fingerprint density at radius 2 is 1.94 bits per heavy atom. The molecule has 0 heterocycles. The van der Waals surface area contributed by atoms with Gasteiger partial charge in [-0.3, -0.25) is 4.90 Å². The fourth-order valence-electron chi connectivity index (χ4n) is 3.88. The van der Waals surface area contributed by atoms with E-state index in [0.717, 1.165) is 12.6 Å². The quantitative estimate of drug-likeness (QED) is 0.770. The van der Waals surface area contributed by atoms with E-state index in [4.69, 9.17) is 5.73 Å². The average molecular weight is 238 g/mol. The summed E-state index contributed by atoms with van der Waals surface area (Å²) in [5.74, 6) is 0. The molecule has 1 unspecified atom stereocenters. The fourth-order valence-corrected chi connectivity index (χ4v) is 3.88. The Labute approximate surface area is 107 Å². The minimum atomic E-state index is 0.295. The van der Waals surface area contributed by atoms with Gasteiger partial charge >= 0.3 is 0 Å². The average Bonchev–Trinajstić information content (AvgIpc) is 3.06. The lowest BCUT2D eigenvalue weighted by atomic mass is 9.73. The van der Waals surface area contributed by atoms with Crippen molar-refractivity contribution < 1.29 is 0 Å². The fraction of sp³-hybridized carbons (Fsp3) is 1.00. The molecule has 2 fully saturated rings. The van der Waals surface area contributed by atoms with Gasteiger partial charge in [0.25, 0.3) is 0 Å². The maximum atomic E-state index is 6.24. The van der Waals surface area contributed by atoms with Gasteiger partial charge in [-0.2, -0.15) is 0 Å². The van der Waals surface area contributed by atoms with Gasteiger partial charge in [0, 0.05) is 18.1 Å². The van der Waals surface area contributed by atoms with Crippen LogP contribution in [0.25, 0.3) is 0 Å². The van der Waals surface area contributed by atoms with E-state index >= 15 is 0 Å². The van der Waals surface area contributed by atoms with E-state index in [9.17, 15) is 0 Å². The number of rotatable bonds is 6. The van der Waals surface area contributed by atoms with Crippen LogP contribution in [0.5, 0.6) is 0 Å². The van der Waals surface area contributed by atoms with Crippen molar-refractivity contribution in [2.75, 3.05) is 13.1 Å². The van der Waals surface area contributed by atoms with Gasteiger partial charge in [-0.15, -0.1) is 0 Å². The maximum Gasteiger partial charge on any atom is 0.0385 e. The van der Waals surface area contributed by atoms with Gasteiger partial charge in [0.15, 0.2) is 0 Å². The van der Waals surface area contributed by atoms with Crippen molar-refractivity contribution in [1.82, 2.24) is 4.90 Å². The summed E-state index contributed by atoms with van der Waals surface area (Å²) in [5.41, 5.74) is 6.94. The summed E-state index contributed by atoms with van der Waals surface area (Å²) in [5, 5.41) is 0. The first-order valence-electron chi connectivity index (χ1n) is 7.54. The van der Waals surface area contributed by atoms with E-state index in [0.29, 0.717) is 11.0 Å². The summed E-state index contributed by atoms with van der Waals surface area (Å²) >= 11 is 0. The molecule has 0 spiro atoms. The lowest BCUT2D eigenvalue weighted by molar-refractivity contribution is 0.00479. The molecular weight excluding hydrogens is 208 g/mol. The highest BCUT2D eigenvalue weighted by Crippen LogP contribution is 2.52. The van der Waals surface area contributed by atoms with Crippen molar-refractivity contribution in [3.8, 4) is 0 Å². The zero-order valence-corrected chi connectivity index (χ0v) is 12.0. The van der Waals surface area contributed by atoms with Crippen molar-refractivity contribution in [3.05, 3.63) is 0 Å². The predicted octanol–water partition coefficient (Wildman–Crippen LogP) is 3.16. The van der Waals surface area contributed by atoms with Crippen molar-refractivity contribution in [3.63, 3.8) is 0 Å². The molecule has 2 N–H and O–H groups in total. The molecule has 2 aliphatic rings. The monoisotopic (exact) mass is 238 g/mol. The molecule has 2 nitrogen and oxygen atoms in total. The highest BCUT2D eigenvalue weighted by molar-refractivity contribution is 5.10. The molecule has 17 heavy (non-hydrogen) atoms. The largest absolute Gasteiger partial charge is 0.329 e. The number of nitrogens with two attached hydrogens (primary N) is 1. The summed E-state index contributed by atoms with van der Waals surface area (Å²) in [6.07, 6.45) is 9.46. The van der Waals surface area contributed by atoms with E-state index in [2.05, 4.69) is 25.7 Å². The van der Waals surface area contributed by atoms with E-state index < -0.39 is 0 Å². The van der Waals surface area contributed by atoms with E-state index in [1.807, 2.05) is 0 Å². The number of hydrogen-bond acceptors (Lipinski definition) is 2. The van der Waals surface area contributed by atoms with Crippen LogP contribution in [0, 0.1) is 5.41 Å². The predicted molar refractivity (Wildman–Crippen MR) is 74.1 cm³/mol.